The van der Waals surface area contributed by atoms with Crippen molar-refractivity contribution in [1.82, 2.24) is 0 Å². The zero-order chi connectivity index (χ0) is 59.9. The van der Waals surface area contributed by atoms with Crippen LogP contribution >= 0.6 is 12.0 Å². The highest BCUT2D eigenvalue weighted by atomic mass is 32.2. The molecule has 0 saturated carbocycles. The summed E-state index contributed by atoms with van der Waals surface area (Å²) in [7, 11) is -5.16. The Bertz CT molecular complexity index is 3830. The molecule has 0 bridgehead atoms. The Morgan fingerprint density at radius 3 is 1.13 bits per heavy atom. The summed E-state index contributed by atoms with van der Waals surface area (Å²) in [5.41, 5.74) is 3.02. The second-order valence-electron chi connectivity index (χ2n) is 16.5. The molecule has 6 aromatic rings. The number of ether oxygens (including phenoxy) is 8. The molecule has 82 heavy (non-hydrogen) atoms. The van der Waals surface area contributed by atoms with Gasteiger partial charge in [-0.3, -0.25) is 13.7 Å². The van der Waals surface area contributed by atoms with E-state index in [-0.39, 0.29) is 103 Å². The van der Waals surface area contributed by atoms with E-state index in [1.807, 2.05) is 0 Å². The van der Waals surface area contributed by atoms with Gasteiger partial charge in [0.25, 0.3) is 30.4 Å². The van der Waals surface area contributed by atoms with E-state index in [0.29, 0.717) is 34.5 Å². The number of nitrogens with one attached hydrogen (secondary N) is 2. The van der Waals surface area contributed by atoms with E-state index in [9.17, 15) is 39.2 Å². The summed E-state index contributed by atoms with van der Waals surface area (Å²) in [6.45, 7) is 2.64. The molecule has 0 aliphatic heterocycles. The van der Waals surface area contributed by atoms with Crippen molar-refractivity contribution in [2.45, 2.75) is 23.6 Å². The van der Waals surface area contributed by atoms with Crippen LogP contribution < -0.4 is 48.5 Å². The molecular formula is C49H52N10O19S4. The summed E-state index contributed by atoms with van der Waals surface area (Å²) in [6.07, 6.45) is 0. The number of methoxy groups -OCH3 is 6. The van der Waals surface area contributed by atoms with Crippen LogP contribution in [0.4, 0.5) is 61.7 Å². The summed E-state index contributed by atoms with van der Waals surface area (Å²) in [6, 6.07) is 19.2. The topological polar surface area (TPSA) is 397 Å². The monoisotopic (exact) mass is 1210 g/mol. The van der Waals surface area contributed by atoms with Gasteiger partial charge in [0.1, 0.15) is 110 Å². The van der Waals surface area contributed by atoms with Crippen molar-refractivity contribution in [3.63, 3.8) is 0 Å². The van der Waals surface area contributed by atoms with E-state index in [2.05, 4.69) is 51.5 Å². The van der Waals surface area contributed by atoms with Crippen molar-refractivity contribution < 1.29 is 86.2 Å². The third kappa shape index (κ3) is 17.2. The number of hydrogen-bond acceptors (Lipinski definition) is 25. The number of aryl methyl sites for hydroxylation is 2. The van der Waals surface area contributed by atoms with Crippen molar-refractivity contribution in [2.75, 3.05) is 78.0 Å². The summed E-state index contributed by atoms with van der Waals surface area (Å²) >= 11 is 0.363. The Hall–Kier alpha value is -8.57. The quantitative estimate of drug-likeness (QED) is 0.0167. The number of urea groups is 1. The first-order chi connectivity index (χ1) is 38.9. The number of hydrogen-bond donors (Lipinski definition) is 6. The molecule has 33 heteroatoms. The third-order valence-electron chi connectivity index (χ3n) is 11.0. The lowest BCUT2D eigenvalue weighted by molar-refractivity contribution is 0.262. The molecule has 0 fully saturated rings. The number of carbonyl (C=O) groups is 1. The molecule has 0 aliphatic rings. The minimum atomic E-state index is -4.89. The lowest BCUT2D eigenvalue weighted by Gasteiger charge is -2.15. The fourth-order valence-corrected chi connectivity index (χ4v) is 8.59. The summed E-state index contributed by atoms with van der Waals surface area (Å²) < 4.78 is 150. The molecular weight excluding hydrogens is 1160 g/mol. The largest absolute Gasteiger partial charge is 0.494 e. The maximum absolute atomic E-state index is 13.5. The first-order valence-electron chi connectivity index (χ1n) is 23.3. The number of carbonyl (C=O) groups excluding carboxylic acids is 1. The van der Waals surface area contributed by atoms with Crippen molar-refractivity contribution in [1.29, 1.82) is 0 Å². The molecule has 6 rings (SSSR count). The van der Waals surface area contributed by atoms with Gasteiger partial charge in [0.2, 0.25) is 0 Å². The molecule has 29 nitrogen and oxygen atoms in total. The van der Waals surface area contributed by atoms with Crippen LogP contribution in [0.1, 0.15) is 11.1 Å². The fourth-order valence-electron chi connectivity index (χ4n) is 7.00. The summed E-state index contributed by atoms with van der Waals surface area (Å²) in [4.78, 5) is 13.1. The smallest absolute Gasteiger partial charge is 0.323 e. The van der Waals surface area contributed by atoms with Gasteiger partial charge < -0.3 is 53.1 Å². The zero-order valence-corrected chi connectivity index (χ0v) is 47.8. The van der Waals surface area contributed by atoms with Crippen molar-refractivity contribution in [3.05, 3.63) is 96.1 Å². The molecule has 0 aliphatic carbocycles. The highest BCUT2D eigenvalue weighted by Crippen LogP contribution is 2.45. The van der Waals surface area contributed by atoms with Crippen molar-refractivity contribution in [2.24, 2.45) is 40.9 Å². The van der Waals surface area contributed by atoms with Crippen LogP contribution in [0.15, 0.2) is 136 Å². The fraction of sp³-hybridized carbons (Fsp3) is 0.245. The highest BCUT2D eigenvalue weighted by Gasteiger charge is 2.21. The maximum atomic E-state index is 13.5. The molecule has 6 aromatic carbocycles. The molecule has 0 unspecified atom stereocenters. The first-order valence-corrected chi connectivity index (χ1v) is 28.7. The number of rotatable bonds is 26. The third-order valence-corrected chi connectivity index (χ3v) is 13.8. The Morgan fingerprint density at radius 2 is 0.780 bits per heavy atom. The van der Waals surface area contributed by atoms with E-state index in [0.717, 1.165) is 12.1 Å². The van der Waals surface area contributed by atoms with Gasteiger partial charge in [0, 0.05) is 54.5 Å². The van der Waals surface area contributed by atoms with Gasteiger partial charge >= 0.3 is 6.03 Å². The van der Waals surface area contributed by atoms with Gasteiger partial charge in [-0.2, -0.15) is 35.5 Å². The van der Waals surface area contributed by atoms with Crippen LogP contribution in [-0.4, -0.2) is 117 Å². The summed E-state index contributed by atoms with van der Waals surface area (Å²) in [5, 5.41) is 39.7. The van der Waals surface area contributed by atoms with E-state index < -0.39 is 59.4 Å². The zero-order valence-electron chi connectivity index (χ0n) is 44.5. The van der Waals surface area contributed by atoms with Gasteiger partial charge in [-0.05, 0) is 67.4 Å². The van der Waals surface area contributed by atoms with Crippen LogP contribution in [0.2, 0.25) is 0 Å². The van der Waals surface area contributed by atoms with Crippen LogP contribution in [0.5, 0.6) is 46.0 Å². The predicted octanol–water partition coefficient (Wildman–Crippen LogP) is 12.0. The van der Waals surface area contributed by atoms with Gasteiger partial charge in [-0.25, -0.2) is 4.79 Å². The van der Waals surface area contributed by atoms with E-state index in [1.165, 1.54) is 91.2 Å². The van der Waals surface area contributed by atoms with Crippen LogP contribution in [0.25, 0.3) is 0 Å². The number of anilines is 2. The van der Waals surface area contributed by atoms with Crippen molar-refractivity contribution in [3.8, 4) is 46.0 Å². The van der Waals surface area contributed by atoms with Gasteiger partial charge in [0.05, 0.1) is 70.3 Å². The molecule has 0 radical (unpaired) electrons. The minimum Gasteiger partial charge on any atom is -0.494 e. The molecule has 0 heterocycles. The number of amides is 2. The molecule has 0 spiro atoms. The van der Waals surface area contributed by atoms with Gasteiger partial charge in [-0.1, -0.05) is 0 Å². The normalized spacial score (nSPS) is 12.0. The number of benzene rings is 6. The van der Waals surface area contributed by atoms with E-state index in [1.54, 1.807) is 38.1 Å². The standard InChI is InChI=1S/C49H52N10O19S4/c1-27-17-35(41(71-3)21-33(27)54-58-39-25-43(73-5)37(23-45(39)75-7)56-52-31-11-9-29(19-47(31)79-61)77-13-15-80(62,63)64)50-49(60)51-36-18-28(2)34(22-42(36)72-4)55-59-40-26-44(74-6)38(24-46(40)76-8)57-53-32-12-10-30(20-48(32)82(68,69)70)78-14-16-81(65,66)67/h9-12,17-26,61H,13-16H2,1-8H3,(H2,50,51,60)(H,62,63,64)(H,65,66,67)(H,68,69,70). The molecule has 0 aromatic heterocycles. The Balaban J connectivity index is 1.15. The molecule has 0 atom stereocenters. The lowest BCUT2D eigenvalue weighted by Crippen LogP contribution is -2.20. The Morgan fingerprint density at radius 1 is 0.451 bits per heavy atom. The summed E-state index contributed by atoms with van der Waals surface area (Å²) in [5.74, 6) is -0.144. The molecule has 6 N–H and O–H groups in total. The lowest BCUT2D eigenvalue weighted by atomic mass is 10.1. The average molecular weight is 1210 g/mol. The Kier molecular flexibility index (Phi) is 21.2. The van der Waals surface area contributed by atoms with E-state index in [4.69, 9.17) is 47.0 Å². The first kappa shape index (κ1) is 62.6. The number of azo groups is 4. The predicted molar refractivity (Wildman–Crippen MR) is 299 cm³/mol. The Labute approximate surface area is 473 Å². The van der Waals surface area contributed by atoms with Gasteiger partial charge in [0.15, 0.2) is 0 Å². The van der Waals surface area contributed by atoms with Crippen molar-refractivity contribution >= 4 is 105 Å². The molecule has 2 amide bonds. The van der Waals surface area contributed by atoms with E-state index >= 15 is 0 Å². The minimum absolute atomic E-state index is 0.0490. The van der Waals surface area contributed by atoms with Crippen LogP contribution in [0.3, 0.4) is 0 Å². The van der Waals surface area contributed by atoms with Crippen LogP contribution in [-0.2, 0) is 30.4 Å². The van der Waals surface area contributed by atoms with Gasteiger partial charge in [-0.15, -0.1) is 30.7 Å². The molecule has 436 valence electrons. The van der Waals surface area contributed by atoms with Crippen LogP contribution in [0, 0.1) is 13.8 Å². The SMILES string of the molecule is COc1cc(N=Nc2ccc(OCCS(=O)(=O)O)cc2SO)c(OC)cc1N=Nc1cc(OC)c(NC(=O)Nc2cc(C)c(N=Nc3cc(OC)c(N=Nc4ccc(OCCS(=O)(=O)O)cc4S(=O)(=O)O)cc3OC)cc2OC)cc1C. The second-order valence-corrected chi connectivity index (χ2v) is 21.7. The number of nitrogens with zero attached hydrogens (tertiary/aromatic N) is 8. The highest BCUT2D eigenvalue weighted by molar-refractivity contribution is 7.94. The molecule has 0 saturated heterocycles. The maximum Gasteiger partial charge on any atom is 0.323 e. The average Bonchev–Trinajstić information content (AvgIpc) is 3.45. The second kappa shape index (κ2) is 27.7.